The Morgan fingerprint density at radius 2 is 1.82 bits per heavy atom. The van der Waals surface area contributed by atoms with Gasteiger partial charge in [-0.1, -0.05) is 35.3 Å². The molecule has 3 N–H and O–H groups in total. The van der Waals surface area contributed by atoms with Crippen molar-refractivity contribution in [1.82, 2.24) is 24.4 Å². The maximum Gasteiger partial charge on any atom is 0.355 e. The number of nitrogens with two attached hydrogens (primary N) is 1. The van der Waals surface area contributed by atoms with Crippen LogP contribution in [-0.4, -0.2) is 44.6 Å². The van der Waals surface area contributed by atoms with E-state index in [4.69, 9.17) is 28.9 Å². The SMILES string of the molecule is CN(C)C1Cc2ccc(Nc3ncc4c(N)n(-c5c(Cl)cccc5Cl)c(=O)nc4n3)cc2C1. The van der Waals surface area contributed by atoms with Gasteiger partial charge in [-0.2, -0.15) is 9.97 Å². The number of rotatable bonds is 4. The van der Waals surface area contributed by atoms with E-state index in [0.29, 0.717) is 17.4 Å². The molecule has 1 aliphatic carbocycles. The summed E-state index contributed by atoms with van der Waals surface area (Å²) in [5.74, 6) is 0.434. The van der Waals surface area contributed by atoms with Crippen molar-refractivity contribution < 1.29 is 0 Å². The molecule has 2 aromatic heterocycles. The summed E-state index contributed by atoms with van der Waals surface area (Å²) in [5.41, 5.74) is 9.65. The lowest BCUT2D eigenvalue weighted by atomic mass is 10.1. The van der Waals surface area contributed by atoms with E-state index < -0.39 is 5.69 Å². The lowest BCUT2D eigenvalue weighted by Gasteiger charge is -2.17. The standard InChI is InChI=1S/C23H21Cl2N7O/c1-31(2)15-9-12-6-7-14(8-13(12)10-15)28-22-27-11-16-20(26)32(23(33)30-21(16)29-22)19-17(24)4-3-5-18(19)25/h3-8,11,15H,9-10,26H2,1-2H3,(H,28,29,30,33). The van der Waals surface area contributed by atoms with Gasteiger partial charge in [-0.05, 0) is 62.3 Å². The number of aromatic nitrogens is 4. The topological polar surface area (TPSA) is 102 Å². The van der Waals surface area contributed by atoms with Crippen LogP contribution in [-0.2, 0) is 12.8 Å². The Morgan fingerprint density at radius 1 is 1.09 bits per heavy atom. The summed E-state index contributed by atoms with van der Waals surface area (Å²) < 4.78 is 1.17. The van der Waals surface area contributed by atoms with Crippen LogP contribution in [0.4, 0.5) is 17.5 Å². The summed E-state index contributed by atoms with van der Waals surface area (Å²) in [6.45, 7) is 0. The Labute approximate surface area is 200 Å². The molecule has 33 heavy (non-hydrogen) atoms. The molecule has 0 amide bonds. The molecular formula is C23H21Cl2N7O. The monoisotopic (exact) mass is 481 g/mol. The number of likely N-dealkylation sites (N-methyl/N-ethyl adjacent to an activating group) is 1. The minimum Gasteiger partial charge on any atom is -0.384 e. The molecule has 2 aromatic carbocycles. The number of anilines is 3. The average molecular weight is 482 g/mol. The number of benzene rings is 2. The van der Waals surface area contributed by atoms with Gasteiger partial charge in [-0.25, -0.2) is 14.3 Å². The summed E-state index contributed by atoms with van der Waals surface area (Å²) in [7, 11) is 4.20. The summed E-state index contributed by atoms with van der Waals surface area (Å²) in [4.78, 5) is 27.9. The molecule has 0 bridgehead atoms. The first-order chi connectivity index (χ1) is 15.8. The molecule has 0 fully saturated rings. The molecule has 1 aliphatic rings. The van der Waals surface area contributed by atoms with E-state index >= 15 is 0 Å². The van der Waals surface area contributed by atoms with Gasteiger partial charge < -0.3 is 16.0 Å². The number of nitrogen functional groups attached to an aromatic ring is 1. The van der Waals surface area contributed by atoms with Crippen LogP contribution >= 0.6 is 23.2 Å². The molecule has 168 valence electrons. The lowest BCUT2D eigenvalue weighted by molar-refractivity contribution is 0.303. The van der Waals surface area contributed by atoms with Crippen LogP contribution in [0.3, 0.4) is 0 Å². The first-order valence-corrected chi connectivity index (χ1v) is 11.1. The second kappa shape index (κ2) is 8.30. The van der Waals surface area contributed by atoms with Crippen LogP contribution in [0.1, 0.15) is 11.1 Å². The molecule has 0 saturated carbocycles. The zero-order chi connectivity index (χ0) is 23.3. The van der Waals surface area contributed by atoms with Crippen molar-refractivity contribution >= 4 is 51.7 Å². The Balaban J connectivity index is 1.50. The molecule has 2 heterocycles. The van der Waals surface area contributed by atoms with Gasteiger partial charge >= 0.3 is 5.69 Å². The number of hydrogen-bond donors (Lipinski definition) is 2. The van der Waals surface area contributed by atoms with E-state index in [0.717, 1.165) is 18.5 Å². The number of halogens is 2. The normalized spacial score (nSPS) is 15.2. The molecule has 10 heteroatoms. The number of nitrogens with one attached hydrogen (secondary N) is 1. The van der Waals surface area contributed by atoms with Crippen LogP contribution in [0.5, 0.6) is 0 Å². The maximum atomic E-state index is 12.8. The van der Waals surface area contributed by atoms with E-state index in [9.17, 15) is 4.79 Å². The van der Waals surface area contributed by atoms with Crippen LogP contribution in [0.2, 0.25) is 10.0 Å². The zero-order valence-corrected chi connectivity index (χ0v) is 19.5. The van der Waals surface area contributed by atoms with Crippen LogP contribution in [0, 0.1) is 0 Å². The highest BCUT2D eigenvalue weighted by atomic mass is 35.5. The predicted molar refractivity (Wildman–Crippen MR) is 132 cm³/mol. The molecule has 1 atom stereocenters. The highest BCUT2D eigenvalue weighted by Gasteiger charge is 2.23. The number of fused-ring (bicyclic) bond motifs is 2. The third-order valence-corrected chi connectivity index (χ3v) is 6.55. The Morgan fingerprint density at radius 3 is 2.55 bits per heavy atom. The maximum absolute atomic E-state index is 12.8. The Kier molecular flexibility index (Phi) is 5.44. The van der Waals surface area contributed by atoms with E-state index in [2.05, 4.69) is 51.4 Å². The van der Waals surface area contributed by atoms with Crippen LogP contribution in [0.25, 0.3) is 16.7 Å². The molecule has 0 aliphatic heterocycles. The third kappa shape index (κ3) is 3.90. The molecular weight excluding hydrogens is 461 g/mol. The van der Waals surface area contributed by atoms with Gasteiger partial charge in [0, 0.05) is 17.9 Å². The van der Waals surface area contributed by atoms with Crippen molar-refractivity contribution in [2.24, 2.45) is 0 Å². The zero-order valence-electron chi connectivity index (χ0n) is 18.0. The van der Waals surface area contributed by atoms with Crippen molar-refractivity contribution in [2.75, 3.05) is 25.1 Å². The highest BCUT2D eigenvalue weighted by molar-refractivity contribution is 6.37. The first kappa shape index (κ1) is 21.6. The van der Waals surface area contributed by atoms with Crippen molar-refractivity contribution in [2.45, 2.75) is 18.9 Å². The second-order valence-electron chi connectivity index (χ2n) is 8.25. The van der Waals surface area contributed by atoms with E-state index in [1.165, 1.54) is 21.9 Å². The molecule has 5 rings (SSSR count). The van der Waals surface area contributed by atoms with Gasteiger partial charge in [0.15, 0.2) is 5.65 Å². The molecule has 1 unspecified atom stereocenters. The van der Waals surface area contributed by atoms with Gasteiger partial charge in [0.1, 0.15) is 5.82 Å². The van der Waals surface area contributed by atoms with Gasteiger partial charge in [0.2, 0.25) is 5.95 Å². The van der Waals surface area contributed by atoms with Crippen molar-refractivity contribution in [3.8, 4) is 5.69 Å². The van der Waals surface area contributed by atoms with Gasteiger partial charge in [0.05, 0.1) is 21.1 Å². The Hall–Kier alpha value is -3.20. The van der Waals surface area contributed by atoms with E-state index in [1.807, 2.05) is 6.07 Å². The van der Waals surface area contributed by atoms with Gasteiger partial charge in [-0.3, -0.25) is 0 Å². The molecule has 8 nitrogen and oxygen atoms in total. The fourth-order valence-electron chi connectivity index (χ4n) is 4.15. The largest absolute Gasteiger partial charge is 0.384 e. The van der Waals surface area contributed by atoms with Crippen molar-refractivity contribution in [3.05, 3.63) is 74.3 Å². The minimum atomic E-state index is -0.632. The first-order valence-electron chi connectivity index (χ1n) is 10.4. The summed E-state index contributed by atoms with van der Waals surface area (Å²) in [6, 6.07) is 11.7. The summed E-state index contributed by atoms with van der Waals surface area (Å²) >= 11 is 12.5. The number of hydrogen-bond acceptors (Lipinski definition) is 7. The fourth-order valence-corrected chi connectivity index (χ4v) is 4.72. The molecule has 4 aromatic rings. The van der Waals surface area contributed by atoms with Crippen LogP contribution in [0.15, 0.2) is 47.4 Å². The summed E-state index contributed by atoms with van der Waals surface area (Å²) in [6.07, 6.45) is 3.57. The predicted octanol–water partition coefficient (Wildman–Crippen LogP) is 3.84. The number of para-hydroxylation sites is 1. The average Bonchev–Trinajstić information content (AvgIpc) is 3.19. The molecule has 0 spiro atoms. The van der Waals surface area contributed by atoms with E-state index in [-0.39, 0.29) is 27.2 Å². The van der Waals surface area contributed by atoms with Gasteiger partial charge in [-0.15, -0.1) is 0 Å². The molecule has 0 radical (unpaired) electrons. The van der Waals surface area contributed by atoms with Crippen LogP contribution < -0.4 is 16.7 Å². The van der Waals surface area contributed by atoms with Crippen molar-refractivity contribution in [1.29, 1.82) is 0 Å². The smallest absolute Gasteiger partial charge is 0.355 e. The Bertz CT molecular complexity index is 1430. The minimum absolute atomic E-state index is 0.110. The number of nitrogens with zero attached hydrogens (tertiary/aromatic N) is 5. The summed E-state index contributed by atoms with van der Waals surface area (Å²) in [5, 5.41) is 4.19. The quantitative estimate of drug-likeness (QED) is 0.456. The molecule has 0 saturated heterocycles. The van der Waals surface area contributed by atoms with E-state index in [1.54, 1.807) is 18.2 Å². The highest BCUT2D eigenvalue weighted by Crippen LogP contribution is 2.31. The second-order valence-corrected chi connectivity index (χ2v) is 9.06. The third-order valence-electron chi connectivity index (χ3n) is 5.94. The van der Waals surface area contributed by atoms with Gasteiger partial charge in [0.25, 0.3) is 0 Å². The fraction of sp³-hybridized carbons (Fsp3) is 0.217. The lowest BCUT2D eigenvalue weighted by Crippen LogP contribution is -2.27. The van der Waals surface area contributed by atoms with Crippen molar-refractivity contribution in [3.63, 3.8) is 0 Å².